The first kappa shape index (κ1) is 20.2. The highest BCUT2D eigenvalue weighted by molar-refractivity contribution is 5.92. The molecule has 0 bridgehead atoms. The van der Waals surface area contributed by atoms with E-state index in [-0.39, 0.29) is 5.91 Å². The van der Waals surface area contributed by atoms with Gasteiger partial charge in [-0.15, -0.1) is 0 Å². The topological polar surface area (TPSA) is 54.0 Å². The quantitative estimate of drug-likeness (QED) is 0.797. The van der Waals surface area contributed by atoms with Gasteiger partial charge in [-0.3, -0.25) is 14.6 Å². The van der Waals surface area contributed by atoms with Crippen LogP contribution in [0.15, 0.2) is 48.5 Å². The molecule has 0 unspecified atom stereocenters. The van der Waals surface area contributed by atoms with E-state index in [4.69, 9.17) is 9.47 Å². The van der Waals surface area contributed by atoms with Gasteiger partial charge in [-0.1, -0.05) is 30.3 Å². The van der Waals surface area contributed by atoms with E-state index >= 15 is 0 Å². The summed E-state index contributed by atoms with van der Waals surface area (Å²) in [6.45, 7) is 5.22. The van der Waals surface area contributed by atoms with Crippen LogP contribution in [0.25, 0.3) is 0 Å². The fraction of sp³-hybridized carbons (Fsp3) is 0.409. The summed E-state index contributed by atoms with van der Waals surface area (Å²) < 4.78 is 10.5. The van der Waals surface area contributed by atoms with E-state index in [0.717, 1.165) is 39.1 Å². The van der Waals surface area contributed by atoms with Gasteiger partial charge in [0.15, 0.2) is 11.5 Å². The van der Waals surface area contributed by atoms with Gasteiger partial charge in [-0.25, -0.2) is 0 Å². The lowest BCUT2D eigenvalue weighted by Gasteiger charge is -2.21. The molecule has 0 aliphatic carbocycles. The number of benzene rings is 2. The Kier molecular flexibility index (Phi) is 7.28. The smallest absolute Gasteiger partial charge is 0.238 e. The number of methoxy groups -OCH3 is 2. The molecule has 0 spiro atoms. The molecule has 150 valence electrons. The molecule has 1 fully saturated rings. The molecule has 0 aromatic heterocycles. The van der Waals surface area contributed by atoms with Crippen LogP contribution in [-0.4, -0.2) is 62.7 Å². The number of nitrogens with zero attached hydrogens (tertiary/aromatic N) is 2. The van der Waals surface area contributed by atoms with Crippen molar-refractivity contribution in [3.63, 3.8) is 0 Å². The first-order valence-corrected chi connectivity index (χ1v) is 9.68. The number of carbonyl (C=O) groups excluding carboxylic acids is 1. The Labute approximate surface area is 167 Å². The normalized spacial score (nSPS) is 15.6. The lowest BCUT2D eigenvalue weighted by atomic mass is 10.2. The SMILES string of the molecule is COc1ccc(NC(=O)CN2CCCN(Cc3ccccc3)CC2)cc1OC. The molecule has 1 amide bonds. The number of anilines is 1. The third kappa shape index (κ3) is 5.71. The Morgan fingerprint density at radius 1 is 0.929 bits per heavy atom. The van der Waals surface area contributed by atoms with Crippen LogP contribution in [0.2, 0.25) is 0 Å². The summed E-state index contributed by atoms with van der Waals surface area (Å²) in [6, 6.07) is 15.9. The van der Waals surface area contributed by atoms with E-state index in [1.807, 2.05) is 12.1 Å². The second-order valence-corrected chi connectivity index (χ2v) is 7.01. The Hall–Kier alpha value is -2.57. The highest BCUT2D eigenvalue weighted by Gasteiger charge is 2.17. The Morgan fingerprint density at radius 3 is 2.39 bits per heavy atom. The summed E-state index contributed by atoms with van der Waals surface area (Å²) in [5.41, 5.74) is 2.05. The molecule has 0 atom stereocenters. The molecule has 28 heavy (non-hydrogen) atoms. The molecule has 0 radical (unpaired) electrons. The fourth-order valence-electron chi connectivity index (χ4n) is 3.50. The monoisotopic (exact) mass is 383 g/mol. The number of carbonyl (C=O) groups is 1. The summed E-state index contributed by atoms with van der Waals surface area (Å²) in [7, 11) is 3.18. The molecular weight excluding hydrogens is 354 g/mol. The van der Waals surface area contributed by atoms with Gasteiger partial charge in [0.2, 0.25) is 5.91 Å². The number of rotatable bonds is 7. The molecule has 6 heteroatoms. The van der Waals surface area contributed by atoms with Gasteiger partial charge in [-0.05, 0) is 37.2 Å². The second kappa shape index (κ2) is 10.1. The predicted molar refractivity (Wildman–Crippen MR) is 111 cm³/mol. The maximum atomic E-state index is 12.5. The molecule has 0 saturated carbocycles. The lowest BCUT2D eigenvalue weighted by Crippen LogP contribution is -2.36. The van der Waals surface area contributed by atoms with Crippen LogP contribution in [0.4, 0.5) is 5.69 Å². The van der Waals surface area contributed by atoms with Crippen molar-refractivity contribution >= 4 is 11.6 Å². The first-order chi connectivity index (χ1) is 13.7. The van der Waals surface area contributed by atoms with Crippen LogP contribution < -0.4 is 14.8 Å². The van der Waals surface area contributed by atoms with Crippen molar-refractivity contribution in [1.82, 2.24) is 9.80 Å². The van der Waals surface area contributed by atoms with Crippen LogP contribution in [-0.2, 0) is 11.3 Å². The van der Waals surface area contributed by atoms with Gasteiger partial charge in [0, 0.05) is 31.4 Å². The van der Waals surface area contributed by atoms with Gasteiger partial charge >= 0.3 is 0 Å². The Balaban J connectivity index is 1.49. The third-order valence-electron chi connectivity index (χ3n) is 4.96. The number of hydrogen-bond acceptors (Lipinski definition) is 5. The number of ether oxygens (including phenoxy) is 2. The first-order valence-electron chi connectivity index (χ1n) is 9.68. The minimum absolute atomic E-state index is 0.0104. The highest BCUT2D eigenvalue weighted by Crippen LogP contribution is 2.29. The lowest BCUT2D eigenvalue weighted by molar-refractivity contribution is -0.117. The van der Waals surface area contributed by atoms with Crippen molar-refractivity contribution in [3.8, 4) is 11.5 Å². The Morgan fingerprint density at radius 2 is 1.64 bits per heavy atom. The summed E-state index contributed by atoms with van der Waals surface area (Å²) in [6.07, 6.45) is 1.07. The molecule has 1 N–H and O–H groups in total. The van der Waals surface area contributed by atoms with Crippen LogP contribution in [0.1, 0.15) is 12.0 Å². The molecule has 1 aliphatic heterocycles. The minimum Gasteiger partial charge on any atom is -0.493 e. The molecular formula is C22H29N3O3. The maximum absolute atomic E-state index is 12.5. The zero-order valence-corrected chi connectivity index (χ0v) is 16.7. The molecule has 1 saturated heterocycles. The molecule has 3 rings (SSSR count). The van der Waals surface area contributed by atoms with Gasteiger partial charge < -0.3 is 14.8 Å². The summed E-state index contributed by atoms with van der Waals surface area (Å²) in [5.74, 6) is 1.24. The number of hydrogen-bond donors (Lipinski definition) is 1. The Bertz CT molecular complexity index is 767. The number of amides is 1. The minimum atomic E-state index is -0.0104. The van der Waals surface area contributed by atoms with Gasteiger partial charge in [0.25, 0.3) is 0 Å². The third-order valence-corrected chi connectivity index (χ3v) is 4.96. The molecule has 6 nitrogen and oxygen atoms in total. The van der Waals surface area contributed by atoms with E-state index in [1.54, 1.807) is 26.4 Å². The van der Waals surface area contributed by atoms with Crippen molar-refractivity contribution < 1.29 is 14.3 Å². The van der Waals surface area contributed by atoms with Gasteiger partial charge in [0.05, 0.1) is 20.8 Å². The zero-order valence-electron chi connectivity index (χ0n) is 16.7. The maximum Gasteiger partial charge on any atom is 0.238 e. The van der Waals surface area contributed by atoms with Gasteiger partial charge in [-0.2, -0.15) is 0 Å². The van der Waals surface area contributed by atoms with Crippen LogP contribution in [0.5, 0.6) is 11.5 Å². The average Bonchev–Trinajstić information content (AvgIpc) is 2.93. The summed E-state index contributed by atoms with van der Waals surface area (Å²) in [5, 5.41) is 2.96. The fourth-order valence-corrected chi connectivity index (χ4v) is 3.50. The predicted octanol–water partition coefficient (Wildman–Crippen LogP) is 2.85. The van der Waals surface area contributed by atoms with E-state index in [9.17, 15) is 4.79 Å². The largest absolute Gasteiger partial charge is 0.493 e. The molecule has 1 heterocycles. The van der Waals surface area contributed by atoms with Crippen molar-refractivity contribution in [1.29, 1.82) is 0 Å². The van der Waals surface area contributed by atoms with E-state index in [1.165, 1.54) is 5.56 Å². The van der Waals surface area contributed by atoms with E-state index in [0.29, 0.717) is 23.7 Å². The van der Waals surface area contributed by atoms with Crippen molar-refractivity contribution in [2.24, 2.45) is 0 Å². The van der Waals surface area contributed by atoms with Crippen LogP contribution >= 0.6 is 0 Å². The van der Waals surface area contributed by atoms with Gasteiger partial charge in [0.1, 0.15) is 0 Å². The second-order valence-electron chi connectivity index (χ2n) is 7.01. The van der Waals surface area contributed by atoms with E-state index < -0.39 is 0 Å². The van der Waals surface area contributed by atoms with E-state index in [2.05, 4.69) is 39.4 Å². The standard InChI is InChI=1S/C22H29N3O3/c1-27-20-10-9-19(15-21(20)28-2)23-22(26)17-25-12-6-11-24(13-14-25)16-18-7-4-3-5-8-18/h3-5,7-10,15H,6,11-14,16-17H2,1-2H3,(H,23,26). The van der Waals surface area contributed by atoms with Crippen molar-refractivity contribution in [3.05, 3.63) is 54.1 Å². The zero-order chi connectivity index (χ0) is 19.8. The van der Waals surface area contributed by atoms with Crippen LogP contribution in [0.3, 0.4) is 0 Å². The molecule has 1 aliphatic rings. The average molecular weight is 383 g/mol. The highest BCUT2D eigenvalue weighted by atomic mass is 16.5. The van der Waals surface area contributed by atoms with Crippen molar-refractivity contribution in [2.45, 2.75) is 13.0 Å². The molecule has 2 aromatic rings. The summed E-state index contributed by atoms with van der Waals surface area (Å²) in [4.78, 5) is 17.2. The summed E-state index contributed by atoms with van der Waals surface area (Å²) >= 11 is 0. The van der Waals surface area contributed by atoms with Crippen molar-refractivity contribution in [2.75, 3.05) is 52.3 Å². The van der Waals surface area contributed by atoms with Crippen LogP contribution in [0, 0.1) is 0 Å². The number of nitrogens with one attached hydrogen (secondary N) is 1. The molecule has 2 aromatic carbocycles.